The lowest BCUT2D eigenvalue weighted by atomic mass is 9.92. The highest BCUT2D eigenvalue weighted by Gasteiger charge is 2.27. The van der Waals surface area contributed by atoms with Gasteiger partial charge in [-0.05, 0) is 56.3 Å². The third-order valence-electron chi connectivity index (χ3n) is 4.64. The molecule has 3 rings (SSSR count). The maximum absolute atomic E-state index is 12.4. The average molecular weight is 287 g/mol. The van der Waals surface area contributed by atoms with Gasteiger partial charge in [-0.3, -0.25) is 4.79 Å². The highest BCUT2D eigenvalue weighted by molar-refractivity contribution is 5.95. The molecule has 4 heteroatoms. The van der Waals surface area contributed by atoms with E-state index in [0.717, 1.165) is 38.2 Å². The lowest BCUT2D eigenvalue weighted by Gasteiger charge is -2.29. The van der Waals surface area contributed by atoms with E-state index in [1.807, 2.05) is 12.1 Å². The van der Waals surface area contributed by atoms with E-state index in [1.54, 1.807) is 0 Å². The van der Waals surface area contributed by atoms with Gasteiger partial charge < -0.3 is 15.5 Å². The number of amides is 1. The standard InChI is InChI=1S/C17H25N3O/c1-13-6-5-9-18-16(13)17(21)19-14-7-4-8-15(12-14)20-10-2-3-11-20/h4,7-8,12-13,16,18H,2-3,5-6,9-11H2,1H3,(H,19,21). The summed E-state index contributed by atoms with van der Waals surface area (Å²) in [6.07, 6.45) is 4.81. The van der Waals surface area contributed by atoms with E-state index >= 15 is 0 Å². The molecule has 2 fully saturated rings. The van der Waals surface area contributed by atoms with Crippen LogP contribution in [-0.2, 0) is 4.79 Å². The van der Waals surface area contributed by atoms with E-state index in [0.29, 0.717) is 5.92 Å². The molecule has 0 bridgehead atoms. The van der Waals surface area contributed by atoms with Crippen LogP contribution in [0.25, 0.3) is 0 Å². The maximum Gasteiger partial charge on any atom is 0.241 e. The summed E-state index contributed by atoms with van der Waals surface area (Å²) in [5.41, 5.74) is 2.12. The van der Waals surface area contributed by atoms with Crippen molar-refractivity contribution in [1.29, 1.82) is 0 Å². The van der Waals surface area contributed by atoms with Crippen LogP contribution >= 0.6 is 0 Å². The summed E-state index contributed by atoms with van der Waals surface area (Å²) in [5.74, 6) is 0.501. The zero-order chi connectivity index (χ0) is 14.7. The Morgan fingerprint density at radius 1 is 1.29 bits per heavy atom. The zero-order valence-corrected chi connectivity index (χ0v) is 12.8. The fraction of sp³-hybridized carbons (Fsp3) is 0.588. The van der Waals surface area contributed by atoms with Crippen LogP contribution in [-0.4, -0.2) is 31.6 Å². The number of anilines is 2. The molecular weight excluding hydrogens is 262 g/mol. The molecule has 4 nitrogen and oxygen atoms in total. The van der Waals surface area contributed by atoms with Gasteiger partial charge in [-0.15, -0.1) is 0 Å². The van der Waals surface area contributed by atoms with Crippen molar-refractivity contribution in [1.82, 2.24) is 5.32 Å². The number of nitrogens with one attached hydrogen (secondary N) is 2. The van der Waals surface area contributed by atoms with Gasteiger partial charge >= 0.3 is 0 Å². The van der Waals surface area contributed by atoms with E-state index in [1.165, 1.54) is 18.5 Å². The lowest BCUT2D eigenvalue weighted by Crippen LogP contribution is -2.48. The van der Waals surface area contributed by atoms with E-state index < -0.39 is 0 Å². The smallest absolute Gasteiger partial charge is 0.241 e. The molecule has 0 aromatic heterocycles. The van der Waals surface area contributed by atoms with Crippen LogP contribution < -0.4 is 15.5 Å². The van der Waals surface area contributed by atoms with E-state index in [-0.39, 0.29) is 11.9 Å². The third-order valence-corrected chi connectivity index (χ3v) is 4.64. The number of rotatable bonds is 3. The Balaban J connectivity index is 1.66. The topological polar surface area (TPSA) is 44.4 Å². The van der Waals surface area contributed by atoms with Gasteiger partial charge in [-0.2, -0.15) is 0 Å². The van der Waals surface area contributed by atoms with Gasteiger partial charge in [0.2, 0.25) is 5.91 Å². The molecule has 2 unspecified atom stereocenters. The first-order chi connectivity index (χ1) is 10.2. The van der Waals surface area contributed by atoms with Gasteiger partial charge in [0, 0.05) is 24.5 Å². The Labute approximate surface area is 126 Å². The van der Waals surface area contributed by atoms with Crippen molar-refractivity contribution in [3.8, 4) is 0 Å². The van der Waals surface area contributed by atoms with Gasteiger partial charge in [0.25, 0.3) is 0 Å². The third kappa shape index (κ3) is 3.38. The molecule has 2 saturated heterocycles. The first kappa shape index (κ1) is 14.4. The highest BCUT2D eigenvalue weighted by atomic mass is 16.2. The van der Waals surface area contributed by atoms with Crippen LogP contribution in [0.2, 0.25) is 0 Å². The number of hydrogen-bond donors (Lipinski definition) is 2. The van der Waals surface area contributed by atoms with Gasteiger partial charge in [0.1, 0.15) is 0 Å². The minimum absolute atomic E-state index is 0.0609. The Morgan fingerprint density at radius 3 is 2.86 bits per heavy atom. The molecule has 2 N–H and O–H groups in total. The minimum Gasteiger partial charge on any atom is -0.371 e. The summed E-state index contributed by atoms with van der Waals surface area (Å²) in [4.78, 5) is 14.8. The van der Waals surface area contributed by atoms with Crippen molar-refractivity contribution in [3.63, 3.8) is 0 Å². The van der Waals surface area contributed by atoms with Gasteiger partial charge in [-0.25, -0.2) is 0 Å². The lowest BCUT2D eigenvalue weighted by molar-refractivity contribution is -0.119. The minimum atomic E-state index is -0.0609. The number of carbonyl (C=O) groups is 1. The molecule has 114 valence electrons. The zero-order valence-electron chi connectivity index (χ0n) is 12.8. The van der Waals surface area contributed by atoms with Crippen LogP contribution in [0.3, 0.4) is 0 Å². The monoisotopic (exact) mass is 287 g/mol. The predicted octanol–water partition coefficient (Wildman–Crippen LogP) is 2.61. The molecule has 0 spiro atoms. The summed E-state index contributed by atoms with van der Waals surface area (Å²) in [7, 11) is 0. The molecule has 0 aliphatic carbocycles. The van der Waals surface area contributed by atoms with Crippen LogP contribution in [0.4, 0.5) is 11.4 Å². The van der Waals surface area contributed by atoms with Crippen LogP contribution in [0.5, 0.6) is 0 Å². The summed E-state index contributed by atoms with van der Waals surface area (Å²) < 4.78 is 0. The van der Waals surface area contributed by atoms with Crippen molar-refractivity contribution in [2.75, 3.05) is 29.9 Å². The highest BCUT2D eigenvalue weighted by Crippen LogP contribution is 2.24. The second kappa shape index (κ2) is 6.48. The number of piperidine rings is 1. The van der Waals surface area contributed by atoms with Gasteiger partial charge in [0.15, 0.2) is 0 Å². The summed E-state index contributed by atoms with van der Waals surface area (Å²) in [5, 5.41) is 6.41. The molecule has 2 aliphatic rings. The Morgan fingerprint density at radius 2 is 2.10 bits per heavy atom. The SMILES string of the molecule is CC1CCCNC1C(=O)Nc1cccc(N2CCCC2)c1. The largest absolute Gasteiger partial charge is 0.371 e. The summed E-state index contributed by atoms with van der Waals surface area (Å²) in [6.45, 7) is 5.34. The normalized spacial score (nSPS) is 25.9. The fourth-order valence-electron chi connectivity index (χ4n) is 3.38. The summed E-state index contributed by atoms with van der Waals surface area (Å²) >= 11 is 0. The van der Waals surface area contributed by atoms with Crippen LogP contribution in [0.15, 0.2) is 24.3 Å². The molecule has 2 atom stereocenters. The van der Waals surface area contributed by atoms with Crippen molar-refractivity contribution in [3.05, 3.63) is 24.3 Å². The number of carbonyl (C=O) groups excluding carboxylic acids is 1. The van der Waals surface area contributed by atoms with Crippen molar-refractivity contribution in [2.45, 2.75) is 38.6 Å². The summed E-state index contributed by atoms with van der Waals surface area (Å²) in [6, 6.07) is 8.17. The number of benzene rings is 1. The molecule has 0 saturated carbocycles. The Bertz CT molecular complexity index is 497. The van der Waals surface area contributed by atoms with Crippen molar-refractivity contribution >= 4 is 17.3 Å². The second-order valence-electron chi connectivity index (χ2n) is 6.29. The van der Waals surface area contributed by atoms with Gasteiger partial charge in [0.05, 0.1) is 6.04 Å². The average Bonchev–Trinajstić information content (AvgIpc) is 3.02. The van der Waals surface area contributed by atoms with Crippen LogP contribution in [0.1, 0.15) is 32.6 Å². The maximum atomic E-state index is 12.4. The number of nitrogens with zero attached hydrogens (tertiary/aromatic N) is 1. The quantitative estimate of drug-likeness (QED) is 0.898. The van der Waals surface area contributed by atoms with Crippen molar-refractivity contribution in [2.24, 2.45) is 5.92 Å². The fourth-order valence-corrected chi connectivity index (χ4v) is 3.38. The van der Waals surface area contributed by atoms with E-state index in [9.17, 15) is 4.79 Å². The predicted molar refractivity (Wildman–Crippen MR) is 86.7 cm³/mol. The molecule has 2 heterocycles. The molecule has 2 aliphatic heterocycles. The van der Waals surface area contributed by atoms with Gasteiger partial charge in [-0.1, -0.05) is 13.0 Å². The molecule has 1 aromatic carbocycles. The van der Waals surface area contributed by atoms with Crippen molar-refractivity contribution < 1.29 is 4.79 Å². The van der Waals surface area contributed by atoms with Crippen LogP contribution in [0, 0.1) is 5.92 Å². The van der Waals surface area contributed by atoms with E-state index in [2.05, 4.69) is 34.6 Å². The first-order valence-corrected chi connectivity index (χ1v) is 8.13. The number of hydrogen-bond acceptors (Lipinski definition) is 3. The molecule has 21 heavy (non-hydrogen) atoms. The molecule has 0 radical (unpaired) electrons. The Hall–Kier alpha value is -1.55. The molecule has 1 amide bonds. The first-order valence-electron chi connectivity index (χ1n) is 8.13. The molecular formula is C17H25N3O. The molecule has 1 aromatic rings. The second-order valence-corrected chi connectivity index (χ2v) is 6.29. The Kier molecular flexibility index (Phi) is 4.44. The van der Waals surface area contributed by atoms with E-state index in [4.69, 9.17) is 0 Å².